The topological polar surface area (TPSA) is 101 Å². The van der Waals surface area contributed by atoms with Crippen LogP contribution in [0.1, 0.15) is 62.3 Å². The van der Waals surface area contributed by atoms with Gasteiger partial charge < -0.3 is 20.5 Å². The summed E-state index contributed by atoms with van der Waals surface area (Å²) in [5.74, 6) is -1.78. The van der Waals surface area contributed by atoms with E-state index in [1.165, 1.54) is 0 Å². The summed E-state index contributed by atoms with van der Waals surface area (Å²) in [6, 6.07) is 2.07. The third-order valence-corrected chi connectivity index (χ3v) is 12.1. The van der Waals surface area contributed by atoms with E-state index in [9.17, 15) is 9.50 Å². The molecule has 46 heavy (non-hydrogen) atoms. The normalized spacial score (nSPS) is 29.1. The van der Waals surface area contributed by atoms with E-state index in [2.05, 4.69) is 14.9 Å². The first-order chi connectivity index (χ1) is 21.9. The number of nitrogen functional groups attached to an aromatic ring is 1. The van der Waals surface area contributed by atoms with Gasteiger partial charge in [0.25, 0.3) is 0 Å². The number of hydrogen-bond donors (Lipinski definition) is 2. The largest absolute Gasteiger partial charge is 0.461 e. The van der Waals surface area contributed by atoms with Crippen molar-refractivity contribution in [2.45, 2.75) is 69.7 Å². The number of hydrogen-bond acceptors (Lipinski definition) is 9. The Balaban J connectivity index is 1.31. The maximum absolute atomic E-state index is 17.1. The third kappa shape index (κ3) is 4.45. The van der Waals surface area contributed by atoms with Gasteiger partial charge in [0.1, 0.15) is 23.9 Å². The standard InChI is InChI=1S/C32H35F5N6O2S/c1-30(32(35,36)37)12-19-23(22(34)21(30)18-6-7-20(33)26-24(18)39-28(38)46-26)40-29(45-15-31-8-2-10-43(31)11-3-9-31)41-27(19)42-13-16-4-5-17(14-42)25(16)44/h6-7,16-17,25,44H,2-5,8-15H2,1H3,(H2,38,39). The summed E-state index contributed by atoms with van der Waals surface area (Å²) in [6.07, 6.45) is -0.442. The second-order valence-corrected chi connectivity index (χ2v) is 14.9. The van der Waals surface area contributed by atoms with Crippen molar-refractivity contribution in [1.82, 2.24) is 19.9 Å². The van der Waals surface area contributed by atoms with Gasteiger partial charge >= 0.3 is 12.2 Å². The highest BCUT2D eigenvalue weighted by molar-refractivity contribution is 7.22. The van der Waals surface area contributed by atoms with Crippen molar-refractivity contribution in [3.05, 3.63) is 34.8 Å². The van der Waals surface area contributed by atoms with Crippen molar-refractivity contribution in [3.8, 4) is 6.01 Å². The summed E-state index contributed by atoms with van der Waals surface area (Å²) in [4.78, 5) is 17.6. The summed E-state index contributed by atoms with van der Waals surface area (Å²) < 4.78 is 83.8. The monoisotopic (exact) mass is 662 g/mol. The highest BCUT2D eigenvalue weighted by Crippen LogP contribution is 2.58. The minimum Gasteiger partial charge on any atom is -0.461 e. The van der Waals surface area contributed by atoms with Gasteiger partial charge in [-0.1, -0.05) is 11.3 Å². The average Bonchev–Trinajstić information content (AvgIpc) is 3.74. The lowest BCUT2D eigenvalue weighted by Crippen LogP contribution is -2.47. The Kier molecular flexibility index (Phi) is 6.87. The van der Waals surface area contributed by atoms with Crippen molar-refractivity contribution in [3.63, 3.8) is 0 Å². The van der Waals surface area contributed by atoms with Gasteiger partial charge in [0.05, 0.1) is 27.3 Å². The molecule has 0 radical (unpaired) electrons. The van der Waals surface area contributed by atoms with Crippen molar-refractivity contribution < 1.29 is 31.8 Å². The molecule has 8 rings (SSSR count). The van der Waals surface area contributed by atoms with Crippen molar-refractivity contribution in [2.75, 3.05) is 43.4 Å². The molecule has 14 heteroatoms. The number of ether oxygens (including phenoxy) is 1. The Labute approximate surface area is 266 Å². The molecule has 3 unspecified atom stereocenters. The van der Waals surface area contributed by atoms with Crippen LogP contribution in [0, 0.1) is 23.1 Å². The van der Waals surface area contributed by atoms with Crippen molar-refractivity contribution >= 4 is 43.9 Å². The SMILES string of the molecule is CC1(C(F)(F)F)Cc2c(nc(OCC34CCCN3CCC4)nc2N2CC3CCC(C2)C3O)C(F)=C1c1ccc(F)c2sc(N)nc12. The Morgan fingerprint density at radius 2 is 1.76 bits per heavy atom. The highest BCUT2D eigenvalue weighted by atomic mass is 32.1. The Hall–Kier alpha value is -3.10. The predicted octanol–water partition coefficient (Wildman–Crippen LogP) is 5.98. The zero-order valence-electron chi connectivity index (χ0n) is 25.3. The molecule has 2 aliphatic carbocycles. The van der Waals surface area contributed by atoms with Gasteiger partial charge in [-0.15, -0.1) is 0 Å². The Morgan fingerprint density at radius 1 is 1.07 bits per heavy atom. The minimum atomic E-state index is -4.91. The number of benzene rings is 1. The van der Waals surface area contributed by atoms with Crippen LogP contribution in [-0.4, -0.2) is 75.6 Å². The summed E-state index contributed by atoms with van der Waals surface area (Å²) in [7, 11) is 0. The van der Waals surface area contributed by atoms with E-state index >= 15 is 17.6 Å². The number of aliphatic hydroxyl groups is 1. The molecule has 3 aliphatic heterocycles. The van der Waals surface area contributed by atoms with E-state index in [1.807, 2.05) is 4.90 Å². The van der Waals surface area contributed by atoms with Crippen LogP contribution in [0.5, 0.6) is 6.01 Å². The van der Waals surface area contributed by atoms with E-state index in [0.29, 0.717) is 19.7 Å². The van der Waals surface area contributed by atoms with Gasteiger partial charge in [-0.05, 0) is 77.1 Å². The number of halogens is 5. The van der Waals surface area contributed by atoms with Crippen LogP contribution in [0.15, 0.2) is 12.1 Å². The summed E-state index contributed by atoms with van der Waals surface area (Å²) in [5.41, 5.74) is 1.78. The molecule has 246 valence electrons. The second-order valence-electron chi connectivity index (χ2n) is 13.9. The predicted molar refractivity (Wildman–Crippen MR) is 165 cm³/mol. The fourth-order valence-electron chi connectivity index (χ4n) is 8.80. The van der Waals surface area contributed by atoms with Crippen LogP contribution in [-0.2, 0) is 6.42 Å². The molecule has 5 heterocycles. The Morgan fingerprint density at radius 3 is 2.43 bits per heavy atom. The zero-order chi connectivity index (χ0) is 32.2. The number of fused-ring (bicyclic) bond motifs is 5. The molecule has 2 aromatic heterocycles. The van der Waals surface area contributed by atoms with Gasteiger partial charge in [-0.3, -0.25) is 4.90 Å². The van der Waals surface area contributed by atoms with Crippen LogP contribution in [0.25, 0.3) is 21.6 Å². The Bertz CT molecular complexity index is 1740. The fraction of sp³-hybridized carbons (Fsp3) is 0.594. The van der Waals surface area contributed by atoms with Gasteiger partial charge in [0, 0.05) is 41.6 Å². The number of aliphatic hydroxyl groups excluding tert-OH is 1. The van der Waals surface area contributed by atoms with E-state index < -0.39 is 41.3 Å². The number of alkyl halides is 3. The average molecular weight is 663 g/mol. The highest BCUT2D eigenvalue weighted by Gasteiger charge is 2.58. The third-order valence-electron chi connectivity index (χ3n) is 11.2. The number of anilines is 2. The first-order valence-corrected chi connectivity index (χ1v) is 16.7. The molecule has 8 nitrogen and oxygen atoms in total. The number of rotatable bonds is 5. The van der Waals surface area contributed by atoms with Gasteiger partial charge in [-0.25, -0.2) is 13.8 Å². The minimum absolute atomic E-state index is 0.0401. The molecule has 0 amide bonds. The summed E-state index contributed by atoms with van der Waals surface area (Å²) in [5, 5.41) is 10.7. The first kappa shape index (κ1) is 30.2. The first-order valence-electron chi connectivity index (χ1n) is 15.9. The molecule has 1 aromatic carbocycles. The van der Waals surface area contributed by atoms with Gasteiger partial charge in [0.15, 0.2) is 11.0 Å². The van der Waals surface area contributed by atoms with Crippen LogP contribution in [0.4, 0.5) is 32.9 Å². The molecule has 5 aliphatic rings. The molecule has 1 saturated carbocycles. The van der Waals surface area contributed by atoms with Crippen molar-refractivity contribution in [2.24, 2.45) is 17.3 Å². The zero-order valence-corrected chi connectivity index (χ0v) is 26.2. The van der Waals surface area contributed by atoms with Crippen molar-refractivity contribution in [1.29, 1.82) is 0 Å². The van der Waals surface area contributed by atoms with Crippen LogP contribution in [0.3, 0.4) is 0 Å². The molecule has 3 saturated heterocycles. The van der Waals surface area contributed by atoms with E-state index in [1.54, 1.807) is 0 Å². The summed E-state index contributed by atoms with van der Waals surface area (Å²) >= 11 is 0.796. The van der Waals surface area contributed by atoms with Gasteiger partial charge in [0.2, 0.25) is 0 Å². The molecule has 3 aromatic rings. The molecule has 3 N–H and O–H groups in total. The number of aromatic nitrogens is 3. The number of thiazole rings is 1. The molecule has 4 fully saturated rings. The number of nitrogens with zero attached hydrogens (tertiary/aromatic N) is 5. The number of allylic oxidation sites excluding steroid dienone is 1. The second kappa shape index (κ2) is 10.4. The maximum Gasteiger partial charge on any atom is 0.398 e. The molecular weight excluding hydrogens is 627 g/mol. The van der Waals surface area contributed by atoms with E-state index in [-0.39, 0.29) is 61.4 Å². The van der Waals surface area contributed by atoms with Crippen LogP contribution >= 0.6 is 11.3 Å². The van der Waals surface area contributed by atoms with Gasteiger partial charge in [-0.2, -0.15) is 23.1 Å². The lowest BCUT2D eigenvalue weighted by Gasteiger charge is -2.41. The smallest absolute Gasteiger partial charge is 0.398 e. The van der Waals surface area contributed by atoms with Crippen LogP contribution < -0.4 is 15.4 Å². The summed E-state index contributed by atoms with van der Waals surface area (Å²) in [6.45, 7) is 3.97. The van der Waals surface area contributed by atoms with E-state index in [4.69, 9.17) is 15.5 Å². The quantitative estimate of drug-likeness (QED) is 0.322. The fourth-order valence-corrected chi connectivity index (χ4v) is 9.57. The lowest BCUT2D eigenvalue weighted by atomic mass is 9.69. The maximum atomic E-state index is 17.1. The molecular formula is C32H35F5N6O2S. The van der Waals surface area contributed by atoms with E-state index in [0.717, 1.165) is 82.0 Å². The number of nitrogens with two attached hydrogens (primary N) is 1. The molecule has 0 spiro atoms. The molecule has 2 bridgehead atoms. The number of piperidine rings is 1. The molecule has 3 atom stereocenters. The van der Waals surface area contributed by atoms with Crippen LogP contribution in [0.2, 0.25) is 0 Å². The lowest BCUT2D eigenvalue weighted by molar-refractivity contribution is -0.195.